The first-order valence-electron chi connectivity index (χ1n) is 1.75. The average molecular weight is 119 g/mol. The van der Waals surface area contributed by atoms with E-state index in [-0.39, 0.29) is 5.12 Å². The van der Waals surface area contributed by atoms with Gasteiger partial charge < -0.3 is 0 Å². The molecule has 6 nitrogen and oxygen atoms in total. The number of amides is 1. The fourth-order valence-electron chi connectivity index (χ4n) is 0.115. The van der Waals surface area contributed by atoms with Crippen LogP contribution in [-0.4, -0.2) is 16.1 Å². The molecule has 6 heteroatoms. The normalized spacial score (nSPS) is 8.25. The third-order valence-electron chi connectivity index (χ3n) is 0.499. The predicted molar refractivity (Wildman–Crippen MR) is 23.7 cm³/mol. The first-order chi connectivity index (χ1) is 3.55. The van der Waals surface area contributed by atoms with Crippen molar-refractivity contribution < 1.29 is 9.83 Å². The Morgan fingerprint density at radius 2 is 2.25 bits per heavy atom. The van der Waals surface area contributed by atoms with E-state index in [9.17, 15) is 14.9 Å². The third-order valence-corrected chi connectivity index (χ3v) is 0.499. The summed E-state index contributed by atoms with van der Waals surface area (Å²) in [5.74, 6) is 3.75. The minimum absolute atomic E-state index is 0.0833. The Morgan fingerprint density at radius 1 is 1.88 bits per heavy atom. The minimum atomic E-state index is -0.998. The zero-order valence-electron chi connectivity index (χ0n) is 4.20. The van der Waals surface area contributed by atoms with Crippen molar-refractivity contribution >= 4 is 5.91 Å². The summed E-state index contributed by atoms with van der Waals surface area (Å²) in [6, 6.07) is 0. The van der Waals surface area contributed by atoms with Gasteiger partial charge in [0.15, 0.2) is 5.03 Å². The Kier molecular flexibility index (Phi) is 1.89. The molecule has 0 aliphatic heterocycles. The van der Waals surface area contributed by atoms with Gasteiger partial charge in [0, 0.05) is 12.0 Å². The first kappa shape index (κ1) is 6.83. The van der Waals surface area contributed by atoms with E-state index in [0.29, 0.717) is 0 Å². The molecule has 2 N–H and O–H groups in total. The van der Waals surface area contributed by atoms with Gasteiger partial charge in [0.1, 0.15) is 0 Å². The highest BCUT2D eigenvalue weighted by atomic mass is 16.7. The Bertz CT molecular complexity index is 108. The van der Waals surface area contributed by atoms with Gasteiger partial charge in [-0.2, -0.15) is 5.84 Å². The smallest absolute Gasteiger partial charge is 0.267 e. The molecule has 0 saturated carbocycles. The largest absolute Gasteiger partial charge is 0.299 e. The molecule has 0 rings (SSSR count). The molecule has 46 valence electrons. The maximum Gasteiger partial charge on any atom is 0.299 e. The quantitative estimate of drug-likeness (QED) is 0.205. The number of nitrogens with zero attached hydrogens (tertiary/aromatic N) is 2. The standard InChI is InChI=1S/C2H5N3O3/c1-2(6)4(3)5(7)8/h3H2,1H3. The lowest BCUT2D eigenvalue weighted by molar-refractivity contribution is -0.637. The summed E-state index contributed by atoms with van der Waals surface area (Å²) in [5, 5.41) is 8.45. The number of hydrogen-bond donors (Lipinski definition) is 1. The maximum atomic E-state index is 9.94. The zero-order chi connectivity index (χ0) is 6.73. The second-order valence-corrected chi connectivity index (χ2v) is 1.10. The van der Waals surface area contributed by atoms with Crippen molar-refractivity contribution in [1.82, 2.24) is 5.12 Å². The Balaban J connectivity index is 3.83. The van der Waals surface area contributed by atoms with Gasteiger partial charge in [-0.05, 0) is 0 Å². The fraction of sp³-hybridized carbons (Fsp3) is 0.500. The molecular weight excluding hydrogens is 114 g/mol. The van der Waals surface area contributed by atoms with E-state index in [1.54, 1.807) is 0 Å². The maximum absolute atomic E-state index is 9.94. The summed E-state index contributed by atoms with van der Waals surface area (Å²) < 4.78 is 0. The Hall–Kier alpha value is -1.17. The number of hydrogen-bond acceptors (Lipinski definition) is 4. The van der Waals surface area contributed by atoms with Crippen molar-refractivity contribution in [1.29, 1.82) is 0 Å². The highest BCUT2D eigenvalue weighted by molar-refractivity contribution is 5.70. The molecule has 0 radical (unpaired) electrons. The molecule has 0 aliphatic rings. The molecule has 0 aromatic carbocycles. The van der Waals surface area contributed by atoms with Crippen molar-refractivity contribution in [2.75, 3.05) is 0 Å². The van der Waals surface area contributed by atoms with Crippen LogP contribution < -0.4 is 5.84 Å². The lowest BCUT2D eigenvalue weighted by Crippen LogP contribution is -2.40. The number of rotatable bonds is 1. The van der Waals surface area contributed by atoms with Crippen LogP contribution in [0.5, 0.6) is 0 Å². The Labute approximate surface area is 45.0 Å². The van der Waals surface area contributed by atoms with Crippen molar-refractivity contribution in [2.45, 2.75) is 6.92 Å². The summed E-state index contributed by atoms with van der Waals surface area (Å²) in [6.07, 6.45) is 0. The molecule has 0 atom stereocenters. The number of carbonyl (C=O) groups excluding carboxylic acids is 1. The molecule has 0 aliphatic carbocycles. The molecule has 0 heterocycles. The second-order valence-electron chi connectivity index (χ2n) is 1.10. The van der Waals surface area contributed by atoms with Gasteiger partial charge in [-0.25, -0.2) is 10.1 Å². The van der Waals surface area contributed by atoms with E-state index < -0.39 is 10.9 Å². The van der Waals surface area contributed by atoms with E-state index >= 15 is 0 Å². The number of hydrazine groups is 2. The van der Waals surface area contributed by atoms with Gasteiger partial charge in [0.05, 0.1) is 0 Å². The van der Waals surface area contributed by atoms with Crippen LogP contribution in [0.1, 0.15) is 6.92 Å². The second kappa shape index (κ2) is 2.22. The number of carbonyl (C=O) groups is 1. The van der Waals surface area contributed by atoms with Crippen molar-refractivity contribution in [3.8, 4) is 0 Å². The van der Waals surface area contributed by atoms with Crippen molar-refractivity contribution in [3.05, 3.63) is 10.1 Å². The van der Waals surface area contributed by atoms with E-state index in [4.69, 9.17) is 0 Å². The zero-order valence-corrected chi connectivity index (χ0v) is 4.20. The average Bonchev–Trinajstić information content (AvgIpc) is 1.64. The summed E-state index contributed by atoms with van der Waals surface area (Å²) >= 11 is 0. The summed E-state index contributed by atoms with van der Waals surface area (Å²) in [5.41, 5.74) is 0. The molecule has 0 aromatic heterocycles. The number of nitrogens with two attached hydrogens (primary N) is 1. The van der Waals surface area contributed by atoms with Crippen LogP contribution in [-0.2, 0) is 4.79 Å². The molecule has 1 amide bonds. The van der Waals surface area contributed by atoms with Crippen LogP contribution in [0.3, 0.4) is 0 Å². The predicted octanol–water partition coefficient (Wildman–Crippen LogP) is -1.10. The fourth-order valence-corrected chi connectivity index (χ4v) is 0.115. The van der Waals surface area contributed by atoms with Crippen molar-refractivity contribution in [2.24, 2.45) is 5.84 Å². The highest BCUT2D eigenvalue weighted by Gasteiger charge is 2.12. The monoisotopic (exact) mass is 119 g/mol. The molecule has 0 bridgehead atoms. The molecule has 0 unspecified atom stereocenters. The Morgan fingerprint density at radius 3 is 2.25 bits per heavy atom. The van der Waals surface area contributed by atoms with Crippen LogP contribution in [0.25, 0.3) is 0 Å². The lowest BCUT2D eigenvalue weighted by Gasteiger charge is -1.98. The molecule has 0 spiro atoms. The SMILES string of the molecule is CC(=O)N(N)[N+](=O)[O-]. The van der Waals surface area contributed by atoms with Crippen LogP contribution in [0.2, 0.25) is 0 Å². The number of nitro groups is 1. The molecular formula is C2H5N3O3. The van der Waals surface area contributed by atoms with Crippen LogP contribution in [0, 0.1) is 10.1 Å². The minimum Gasteiger partial charge on any atom is -0.267 e. The summed E-state index contributed by atoms with van der Waals surface area (Å²) in [4.78, 5) is 19.5. The summed E-state index contributed by atoms with van der Waals surface area (Å²) in [6.45, 7) is 1.00. The lowest BCUT2D eigenvalue weighted by atomic mass is 10.7. The van der Waals surface area contributed by atoms with E-state index in [1.807, 2.05) is 0 Å². The van der Waals surface area contributed by atoms with Gasteiger partial charge in [-0.3, -0.25) is 4.79 Å². The summed E-state index contributed by atoms with van der Waals surface area (Å²) in [7, 11) is 0. The first-order valence-corrected chi connectivity index (χ1v) is 1.75. The van der Waals surface area contributed by atoms with E-state index in [0.717, 1.165) is 6.92 Å². The molecule has 8 heavy (non-hydrogen) atoms. The van der Waals surface area contributed by atoms with E-state index in [2.05, 4.69) is 5.84 Å². The van der Waals surface area contributed by atoms with Crippen LogP contribution in [0.4, 0.5) is 0 Å². The van der Waals surface area contributed by atoms with Gasteiger partial charge >= 0.3 is 0 Å². The molecule has 0 saturated heterocycles. The van der Waals surface area contributed by atoms with E-state index in [1.165, 1.54) is 0 Å². The van der Waals surface area contributed by atoms with Gasteiger partial charge in [-0.1, -0.05) is 0 Å². The van der Waals surface area contributed by atoms with Gasteiger partial charge in [0.25, 0.3) is 5.91 Å². The topological polar surface area (TPSA) is 89.5 Å². The highest BCUT2D eigenvalue weighted by Crippen LogP contribution is 1.75. The molecule has 0 fully saturated rings. The third kappa shape index (κ3) is 1.52. The van der Waals surface area contributed by atoms with Gasteiger partial charge in [-0.15, -0.1) is 0 Å². The van der Waals surface area contributed by atoms with Gasteiger partial charge in [0.2, 0.25) is 0 Å². The van der Waals surface area contributed by atoms with Crippen LogP contribution >= 0.6 is 0 Å². The molecule has 0 aromatic rings. The van der Waals surface area contributed by atoms with Crippen molar-refractivity contribution in [3.63, 3.8) is 0 Å². The van der Waals surface area contributed by atoms with Crippen LogP contribution in [0.15, 0.2) is 0 Å².